The monoisotopic (exact) mass is 303 g/mol. The fourth-order valence-corrected chi connectivity index (χ4v) is 2.37. The maximum atomic E-state index is 12.2. The van der Waals surface area contributed by atoms with Gasteiger partial charge >= 0.3 is 6.09 Å². The van der Waals surface area contributed by atoms with E-state index in [-0.39, 0.29) is 17.9 Å². The van der Waals surface area contributed by atoms with Crippen molar-refractivity contribution in [3.05, 3.63) is 30.3 Å². The molecule has 1 N–H and O–H groups in total. The van der Waals surface area contributed by atoms with Crippen LogP contribution in [0.25, 0.3) is 0 Å². The Morgan fingerprint density at radius 2 is 1.82 bits per heavy atom. The maximum Gasteiger partial charge on any atom is 0.410 e. The van der Waals surface area contributed by atoms with Crippen LogP contribution in [0.2, 0.25) is 0 Å². The normalized spacial score (nSPS) is 16.2. The van der Waals surface area contributed by atoms with E-state index in [4.69, 9.17) is 4.74 Å². The van der Waals surface area contributed by atoms with E-state index < -0.39 is 5.60 Å². The Kier molecular flexibility index (Phi) is 5.06. The molecular formula is C17H23N2O3. The minimum atomic E-state index is -0.490. The molecule has 0 unspecified atom stereocenters. The van der Waals surface area contributed by atoms with E-state index in [2.05, 4.69) is 11.4 Å². The van der Waals surface area contributed by atoms with Crippen LogP contribution in [0.3, 0.4) is 0 Å². The molecule has 0 saturated carbocycles. The maximum absolute atomic E-state index is 12.2. The van der Waals surface area contributed by atoms with Crippen molar-refractivity contribution in [3.63, 3.8) is 0 Å². The molecule has 1 aromatic carbocycles. The number of carbonyl (C=O) groups excluding carboxylic acids is 2. The highest BCUT2D eigenvalue weighted by atomic mass is 16.6. The van der Waals surface area contributed by atoms with Crippen molar-refractivity contribution in [3.8, 4) is 0 Å². The van der Waals surface area contributed by atoms with Gasteiger partial charge in [0.15, 0.2) is 0 Å². The summed E-state index contributed by atoms with van der Waals surface area (Å²) in [5.41, 5.74) is 0.286. The van der Waals surface area contributed by atoms with E-state index in [9.17, 15) is 9.59 Å². The number of ether oxygens (including phenoxy) is 1. The number of anilines is 1. The van der Waals surface area contributed by atoms with Crippen molar-refractivity contribution in [1.29, 1.82) is 0 Å². The molecule has 1 radical (unpaired) electrons. The van der Waals surface area contributed by atoms with Crippen molar-refractivity contribution in [2.45, 2.75) is 39.2 Å². The highest BCUT2D eigenvalue weighted by Gasteiger charge is 2.29. The van der Waals surface area contributed by atoms with Crippen molar-refractivity contribution in [1.82, 2.24) is 4.90 Å². The second-order valence-corrected chi connectivity index (χ2v) is 6.52. The Bertz CT molecular complexity index is 514. The standard InChI is InChI=1S/C17H23N2O3/c1-17(2,3)22-16(21)19-11-9-13(10-12-19)15(20)18-14-7-5-4-6-8-14/h5-8,13H,9-12H2,1-3H3,(H,18,20). The van der Waals surface area contributed by atoms with Gasteiger partial charge in [0.05, 0.1) is 0 Å². The SMILES string of the molecule is CC(C)(C)OC(=O)N1CCC(C(=O)Nc2cc[c]cc2)CC1. The van der Waals surface area contributed by atoms with Gasteiger partial charge in [-0.15, -0.1) is 0 Å². The van der Waals surface area contributed by atoms with E-state index in [0.29, 0.717) is 25.9 Å². The lowest BCUT2D eigenvalue weighted by molar-refractivity contribution is -0.121. The van der Waals surface area contributed by atoms with Gasteiger partial charge in [0, 0.05) is 24.7 Å². The third-order valence-electron chi connectivity index (χ3n) is 3.50. The first kappa shape index (κ1) is 16.3. The van der Waals surface area contributed by atoms with Crippen LogP contribution in [-0.2, 0) is 9.53 Å². The number of piperidine rings is 1. The van der Waals surface area contributed by atoms with Crippen LogP contribution < -0.4 is 5.32 Å². The Morgan fingerprint density at radius 1 is 1.23 bits per heavy atom. The third kappa shape index (κ3) is 4.76. The number of hydrogen-bond donors (Lipinski definition) is 1. The zero-order chi connectivity index (χ0) is 16.2. The Balaban J connectivity index is 1.82. The summed E-state index contributed by atoms with van der Waals surface area (Å²) in [6.45, 7) is 6.65. The predicted molar refractivity (Wildman–Crippen MR) is 84.4 cm³/mol. The highest BCUT2D eigenvalue weighted by molar-refractivity contribution is 5.92. The summed E-state index contributed by atoms with van der Waals surface area (Å²) < 4.78 is 5.35. The van der Waals surface area contributed by atoms with Gasteiger partial charge in [0.25, 0.3) is 0 Å². The largest absolute Gasteiger partial charge is 0.444 e. The molecule has 1 saturated heterocycles. The molecule has 0 atom stereocenters. The number of likely N-dealkylation sites (tertiary alicyclic amines) is 1. The average molecular weight is 303 g/mol. The van der Waals surface area contributed by atoms with Crippen molar-refractivity contribution in [2.75, 3.05) is 18.4 Å². The molecule has 1 aromatic rings. The first-order chi connectivity index (χ1) is 10.3. The third-order valence-corrected chi connectivity index (χ3v) is 3.50. The van der Waals surface area contributed by atoms with Crippen LogP contribution in [0.1, 0.15) is 33.6 Å². The Labute approximate surface area is 131 Å². The summed E-state index contributed by atoms with van der Waals surface area (Å²) in [5.74, 6) is -0.0575. The minimum absolute atomic E-state index is 0.00930. The summed E-state index contributed by atoms with van der Waals surface area (Å²) in [6.07, 6.45) is 1.01. The summed E-state index contributed by atoms with van der Waals surface area (Å²) >= 11 is 0. The number of benzene rings is 1. The van der Waals surface area contributed by atoms with Crippen LogP contribution in [-0.4, -0.2) is 35.6 Å². The zero-order valence-electron chi connectivity index (χ0n) is 13.4. The molecule has 0 bridgehead atoms. The first-order valence-electron chi connectivity index (χ1n) is 7.60. The number of hydrogen-bond acceptors (Lipinski definition) is 3. The zero-order valence-corrected chi connectivity index (χ0v) is 13.4. The number of carbonyl (C=O) groups is 2. The molecule has 5 nitrogen and oxygen atoms in total. The number of rotatable bonds is 2. The molecule has 1 aliphatic rings. The molecule has 0 aromatic heterocycles. The van der Waals surface area contributed by atoms with E-state index in [0.717, 1.165) is 5.69 Å². The smallest absolute Gasteiger partial charge is 0.410 e. The molecule has 2 rings (SSSR count). The summed E-state index contributed by atoms with van der Waals surface area (Å²) in [5, 5.41) is 2.90. The van der Waals surface area contributed by atoms with Crippen molar-refractivity contribution < 1.29 is 14.3 Å². The molecule has 2 amide bonds. The molecule has 119 valence electrons. The van der Waals surface area contributed by atoms with E-state index in [1.54, 1.807) is 17.0 Å². The average Bonchev–Trinajstić information content (AvgIpc) is 2.46. The van der Waals surface area contributed by atoms with Gasteiger partial charge in [-0.05, 0) is 51.8 Å². The second kappa shape index (κ2) is 6.81. The molecule has 1 aliphatic heterocycles. The van der Waals surface area contributed by atoms with Gasteiger partial charge in [0.2, 0.25) is 5.91 Å². The molecule has 1 heterocycles. The van der Waals surface area contributed by atoms with Gasteiger partial charge in [-0.25, -0.2) is 4.79 Å². The first-order valence-corrected chi connectivity index (χ1v) is 7.60. The molecule has 1 fully saturated rings. The lowest BCUT2D eigenvalue weighted by atomic mass is 9.96. The Morgan fingerprint density at radius 3 is 2.36 bits per heavy atom. The van der Waals surface area contributed by atoms with Crippen LogP contribution in [0, 0.1) is 12.0 Å². The van der Waals surface area contributed by atoms with Crippen molar-refractivity contribution in [2.24, 2.45) is 5.92 Å². The molecule has 0 aliphatic carbocycles. The van der Waals surface area contributed by atoms with Gasteiger partial charge in [-0.1, -0.05) is 12.1 Å². The highest BCUT2D eigenvalue weighted by Crippen LogP contribution is 2.21. The molecule has 22 heavy (non-hydrogen) atoms. The Hall–Kier alpha value is -2.04. The summed E-state index contributed by atoms with van der Waals surface area (Å²) in [6, 6.07) is 10.1. The number of nitrogens with one attached hydrogen (secondary N) is 1. The van der Waals surface area contributed by atoms with Crippen LogP contribution in [0.15, 0.2) is 24.3 Å². The fraction of sp³-hybridized carbons (Fsp3) is 0.529. The van der Waals surface area contributed by atoms with E-state index in [1.165, 1.54) is 0 Å². The minimum Gasteiger partial charge on any atom is -0.444 e. The molecule has 0 spiro atoms. The van der Waals surface area contributed by atoms with Gasteiger partial charge < -0.3 is 15.0 Å². The predicted octanol–water partition coefficient (Wildman–Crippen LogP) is 3.07. The lowest BCUT2D eigenvalue weighted by Gasteiger charge is -2.32. The summed E-state index contributed by atoms with van der Waals surface area (Å²) in [7, 11) is 0. The van der Waals surface area contributed by atoms with Gasteiger partial charge in [-0.2, -0.15) is 0 Å². The van der Waals surface area contributed by atoms with Crippen molar-refractivity contribution >= 4 is 17.7 Å². The van der Waals surface area contributed by atoms with E-state index >= 15 is 0 Å². The fourth-order valence-electron chi connectivity index (χ4n) is 2.37. The molecule has 5 heteroatoms. The molecular weight excluding hydrogens is 280 g/mol. The lowest BCUT2D eigenvalue weighted by Crippen LogP contribution is -2.43. The van der Waals surface area contributed by atoms with Crippen LogP contribution in [0.5, 0.6) is 0 Å². The summed E-state index contributed by atoms with van der Waals surface area (Å²) in [4.78, 5) is 25.9. The van der Waals surface area contributed by atoms with Gasteiger partial charge in [-0.3, -0.25) is 4.79 Å². The number of amides is 2. The van der Waals surface area contributed by atoms with Crippen LogP contribution in [0.4, 0.5) is 10.5 Å². The van der Waals surface area contributed by atoms with Crippen LogP contribution >= 0.6 is 0 Å². The number of nitrogens with zero attached hydrogens (tertiary/aromatic N) is 1. The second-order valence-electron chi connectivity index (χ2n) is 6.52. The quantitative estimate of drug-likeness (QED) is 0.913. The van der Waals surface area contributed by atoms with E-state index in [1.807, 2.05) is 32.9 Å². The topological polar surface area (TPSA) is 58.6 Å². The van der Waals surface area contributed by atoms with Gasteiger partial charge in [0.1, 0.15) is 5.60 Å².